The molecule has 28 heavy (non-hydrogen) atoms. The number of ketones is 1. The molecule has 6 heteroatoms. The van der Waals surface area contributed by atoms with E-state index in [-0.39, 0.29) is 12.3 Å². The Bertz CT molecular complexity index is 1040. The van der Waals surface area contributed by atoms with Crippen molar-refractivity contribution < 1.29 is 19.2 Å². The van der Waals surface area contributed by atoms with Crippen LogP contribution in [0.15, 0.2) is 71.9 Å². The maximum Gasteiger partial charge on any atom is 0.281 e. The van der Waals surface area contributed by atoms with Gasteiger partial charge in [0.1, 0.15) is 12.4 Å². The molecule has 0 aliphatic rings. The summed E-state index contributed by atoms with van der Waals surface area (Å²) in [7, 11) is 1.50. The summed E-state index contributed by atoms with van der Waals surface area (Å²) in [5, 5.41) is 8.52. The first-order valence-electron chi connectivity index (χ1n) is 8.72. The summed E-state index contributed by atoms with van der Waals surface area (Å²) in [6.07, 6.45) is 0. The second-order valence-electron chi connectivity index (χ2n) is 6.06. The van der Waals surface area contributed by atoms with Crippen molar-refractivity contribution in [2.24, 2.45) is 5.16 Å². The van der Waals surface area contributed by atoms with Crippen molar-refractivity contribution in [3.8, 4) is 5.75 Å². The molecule has 3 rings (SSSR count). The van der Waals surface area contributed by atoms with Gasteiger partial charge in [-0.15, -0.1) is 0 Å². The normalized spacial score (nSPS) is 11.1. The van der Waals surface area contributed by atoms with Crippen molar-refractivity contribution in [1.82, 2.24) is 0 Å². The Labute approximate surface area is 162 Å². The van der Waals surface area contributed by atoms with Crippen molar-refractivity contribution in [1.29, 1.82) is 0 Å². The Morgan fingerprint density at radius 3 is 2.46 bits per heavy atom. The third-order valence-corrected chi connectivity index (χ3v) is 4.16. The van der Waals surface area contributed by atoms with E-state index in [0.29, 0.717) is 11.4 Å². The van der Waals surface area contributed by atoms with Gasteiger partial charge in [0.2, 0.25) is 5.71 Å². The number of hydrogen-bond acceptors (Lipinski definition) is 5. The molecule has 0 radical (unpaired) electrons. The Morgan fingerprint density at radius 1 is 0.964 bits per heavy atom. The molecule has 3 aromatic rings. The van der Waals surface area contributed by atoms with Gasteiger partial charge in [-0.1, -0.05) is 59.8 Å². The molecule has 0 saturated carbocycles. The first-order chi connectivity index (χ1) is 13.6. The average Bonchev–Trinajstić information content (AvgIpc) is 2.71. The largest absolute Gasteiger partial charge is 0.495 e. The zero-order valence-electron chi connectivity index (χ0n) is 15.6. The molecule has 0 aliphatic carbocycles. The molecule has 0 saturated heterocycles. The Kier molecular flexibility index (Phi) is 6.01. The van der Waals surface area contributed by atoms with Crippen molar-refractivity contribution in [3.05, 3.63) is 72.3 Å². The molecule has 0 unspecified atom stereocenters. The number of methoxy groups -OCH3 is 1. The standard InChI is InChI=1S/C22H20N2O4/c1-15(25)21(22(26)23-19-12-5-6-13-20(19)27-2)24-28-14-17-10-7-9-16-8-3-4-11-18(16)17/h3-13H,14H2,1-2H3,(H,23,26)/b24-21+. The van der Waals surface area contributed by atoms with E-state index >= 15 is 0 Å². The summed E-state index contributed by atoms with van der Waals surface area (Å²) < 4.78 is 5.20. The first kappa shape index (κ1) is 19.1. The van der Waals surface area contributed by atoms with Crippen LogP contribution in [0, 0.1) is 0 Å². The number of ether oxygens (including phenoxy) is 1. The molecule has 0 aromatic heterocycles. The maximum absolute atomic E-state index is 12.5. The number of oxime groups is 1. The summed E-state index contributed by atoms with van der Waals surface area (Å²) in [6.45, 7) is 1.40. The summed E-state index contributed by atoms with van der Waals surface area (Å²) in [5.41, 5.74) is 1.04. The second kappa shape index (κ2) is 8.81. The van der Waals surface area contributed by atoms with E-state index in [2.05, 4.69) is 10.5 Å². The third-order valence-electron chi connectivity index (χ3n) is 4.16. The van der Waals surface area contributed by atoms with E-state index in [9.17, 15) is 9.59 Å². The smallest absolute Gasteiger partial charge is 0.281 e. The lowest BCUT2D eigenvalue weighted by molar-refractivity contribution is -0.114. The van der Waals surface area contributed by atoms with Gasteiger partial charge in [-0.05, 0) is 28.5 Å². The Morgan fingerprint density at radius 2 is 1.68 bits per heavy atom. The number of nitrogens with one attached hydrogen (secondary N) is 1. The molecular formula is C22H20N2O4. The van der Waals surface area contributed by atoms with Crippen LogP contribution in [0.1, 0.15) is 12.5 Å². The van der Waals surface area contributed by atoms with Crippen LogP contribution in [-0.4, -0.2) is 24.5 Å². The predicted molar refractivity (Wildman–Crippen MR) is 108 cm³/mol. The van der Waals surface area contributed by atoms with Crippen LogP contribution in [0.2, 0.25) is 0 Å². The van der Waals surface area contributed by atoms with E-state index in [1.807, 2.05) is 42.5 Å². The molecule has 0 fully saturated rings. The minimum atomic E-state index is -0.657. The highest BCUT2D eigenvalue weighted by atomic mass is 16.6. The molecule has 1 amide bonds. The molecule has 0 heterocycles. The van der Waals surface area contributed by atoms with Crippen LogP contribution in [-0.2, 0) is 21.0 Å². The van der Waals surface area contributed by atoms with Gasteiger partial charge in [0.05, 0.1) is 12.8 Å². The van der Waals surface area contributed by atoms with Crippen LogP contribution >= 0.6 is 0 Å². The van der Waals surface area contributed by atoms with Crippen molar-refractivity contribution >= 4 is 33.9 Å². The Hall–Kier alpha value is -3.67. The van der Waals surface area contributed by atoms with E-state index in [0.717, 1.165) is 16.3 Å². The lowest BCUT2D eigenvalue weighted by atomic mass is 10.1. The second-order valence-corrected chi connectivity index (χ2v) is 6.06. The van der Waals surface area contributed by atoms with Crippen LogP contribution in [0.4, 0.5) is 5.69 Å². The Balaban J connectivity index is 1.75. The van der Waals surface area contributed by atoms with Crippen LogP contribution in [0.3, 0.4) is 0 Å². The highest BCUT2D eigenvalue weighted by Crippen LogP contribution is 2.23. The third kappa shape index (κ3) is 4.35. The molecule has 0 atom stereocenters. The lowest BCUT2D eigenvalue weighted by Crippen LogP contribution is -2.29. The fraction of sp³-hybridized carbons (Fsp3) is 0.136. The number of nitrogens with zero attached hydrogens (tertiary/aromatic N) is 1. The van der Waals surface area contributed by atoms with Gasteiger partial charge in [-0.3, -0.25) is 9.59 Å². The zero-order chi connectivity index (χ0) is 19.9. The molecule has 1 N–H and O–H groups in total. The number of rotatable bonds is 7. The van der Waals surface area contributed by atoms with Gasteiger partial charge in [-0.25, -0.2) is 0 Å². The number of Topliss-reactive ketones (excluding diaryl/α,β-unsaturated/α-hetero) is 1. The summed E-state index contributed by atoms with van der Waals surface area (Å²) in [5.74, 6) is -0.671. The maximum atomic E-state index is 12.5. The van der Waals surface area contributed by atoms with Crippen LogP contribution in [0.5, 0.6) is 5.75 Å². The van der Waals surface area contributed by atoms with Gasteiger partial charge in [-0.2, -0.15) is 0 Å². The van der Waals surface area contributed by atoms with Gasteiger partial charge in [0.25, 0.3) is 5.91 Å². The number of carbonyl (C=O) groups excluding carboxylic acids is 2. The quantitative estimate of drug-likeness (QED) is 0.385. The average molecular weight is 376 g/mol. The molecule has 0 spiro atoms. The molecule has 0 aliphatic heterocycles. The molecule has 0 bridgehead atoms. The first-order valence-corrected chi connectivity index (χ1v) is 8.72. The van der Waals surface area contributed by atoms with Gasteiger partial charge < -0.3 is 14.9 Å². The molecule has 142 valence electrons. The van der Waals surface area contributed by atoms with Gasteiger partial charge >= 0.3 is 0 Å². The van der Waals surface area contributed by atoms with E-state index in [1.165, 1.54) is 14.0 Å². The number of para-hydroxylation sites is 2. The molecule has 6 nitrogen and oxygen atoms in total. The summed E-state index contributed by atoms with van der Waals surface area (Å²) in [6, 6.07) is 20.6. The number of benzene rings is 3. The van der Waals surface area contributed by atoms with Crippen LogP contribution < -0.4 is 10.1 Å². The highest BCUT2D eigenvalue weighted by molar-refractivity contribution is 6.67. The van der Waals surface area contributed by atoms with E-state index in [1.54, 1.807) is 24.3 Å². The highest BCUT2D eigenvalue weighted by Gasteiger charge is 2.19. The van der Waals surface area contributed by atoms with Crippen molar-refractivity contribution in [3.63, 3.8) is 0 Å². The number of carbonyl (C=O) groups is 2. The SMILES string of the molecule is COc1ccccc1NC(=O)/C(=N/OCc1cccc2ccccc12)C(C)=O. The zero-order valence-corrected chi connectivity index (χ0v) is 15.6. The minimum Gasteiger partial charge on any atom is -0.495 e. The number of fused-ring (bicyclic) bond motifs is 1. The number of amides is 1. The minimum absolute atomic E-state index is 0.139. The lowest BCUT2D eigenvalue weighted by Gasteiger charge is -2.10. The van der Waals surface area contributed by atoms with Gasteiger partial charge in [0, 0.05) is 6.92 Å². The predicted octanol–water partition coefficient (Wildman–Crippen LogP) is 3.95. The fourth-order valence-electron chi connectivity index (χ4n) is 2.78. The van der Waals surface area contributed by atoms with Crippen LogP contribution in [0.25, 0.3) is 10.8 Å². The monoisotopic (exact) mass is 376 g/mol. The summed E-state index contributed by atoms with van der Waals surface area (Å²) in [4.78, 5) is 29.7. The number of anilines is 1. The van der Waals surface area contributed by atoms with Crippen molar-refractivity contribution in [2.45, 2.75) is 13.5 Å². The number of hydrogen-bond donors (Lipinski definition) is 1. The van der Waals surface area contributed by atoms with Gasteiger partial charge in [0.15, 0.2) is 5.78 Å². The molecular weight excluding hydrogens is 356 g/mol. The molecule has 3 aromatic carbocycles. The van der Waals surface area contributed by atoms with Crippen molar-refractivity contribution in [2.75, 3.05) is 12.4 Å². The summed E-state index contributed by atoms with van der Waals surface area (Å²) >= 11 is 0. The fourth-order valence-corrected chi connectivity index (χ4v) is 2.78. The van der Waals surface area contributed by atoms with E-state index < -0.39 is 11.7 Å². The van der Waals surface area contributed by atoms with E-state index in [4.69, 9.17) is 9.57 Å². The topological polar surface area (TPSA) is 77.0 Å².